The molecule has 42 heavy (non-hydrogen) atoms. The first-order chi connectivity index (χ1) is 20.5. The van der Waals surface area contributed by atoms with Crippen LogP contribution in [-0.2, 0) is 35.6 Å². The lowest BCUT2D eigenvalue weighted by Gasteiger charge is -2.33. The molecule has 0 saturated carbocycles. The quantitative estimate of drug-likeness (QED) is 0.147. The Kier molecular flexibility index (Phi) is 12.2. The third kappa shape index (κ3) is 8.10. The van der Waals surface area contributed by atoms with Crippen molar-refractivity contribution in [1.29, 1.82) is 0 Å². The first-order valence-corrected chi connectivity index (χ1v) is 15.0. The lowest BCUT2D eigenvalue weighted by Crippen LogP contribution is -2.28. The van der Waals surface area contributed by atoms with Crippen LogP contribution in [0.1, 0.15) is 55.2 Å². The van der Waals surface area contributed by atoms with Crippen molar-refractivity contribution in [1.82, 2.24) is 0 Å². The molecule has 3 aromatic carbocycles. The van der Waals surface area contributed by atoms with Crippen LogP contribution in [0.3, 0.4) is 0 Å². The highest BCUT2D eigenvalue weighted by Crippen LogP contribution is 2.54. The molecule has 0 heterocycles. The molecule has 0 amide bonds. The minimum atomic E-state index is -0.751. The summed E-state index contributed by atoms with van der Waals surface area (Å²) in [6, 6.07) is 21.7. The maximum Gasteiger partial charge on any atom is 0.303 e. The standard InChI is InChI=1S/C35H43BO6/c1-39-20-22-41-18-4-16-35(17-5-19-42-23-21-40-2)32-24-28(12-14-30(32)31-15-13-29(36)25-33(31)35)27-10-8-26(9-11-27)6-3-7-34(37)38/h8-15,24-25H,3-7,16-23H2,1-2H3,(H,37,38). The van der Waals surface area contributed by atoms with Crippen molar-refractivity contribution in [3.05, 3.63) is 77.4 Å². The van der Waals surface area contributed by atoms with Gasteiger partial charge in [0.05, 0.1) is 26.4 Å². The molecule has 222 valence electrons. The van der Waals surface area contributed by atoms with Crippen LogP contribution in [0.5, 0.6) is 0 Å². The number of fused-ring (bicyclic) bond motifs is 3. The van der Waals surface area contributed by atoms with Crippen molar-refractivity contribution in [3.8, 4) is 22.3 Å². The van der Waals surface area contributed by atoms with E-state index in [0.29, 0.717) is 46.1 Å². The smallest absolute Gasteiger partial charge is 0.303 e. The van der Waals surface area contributed by atoms with E-state index in [4.69, 9.17) is 31.9 Å². The minimum Gasteiger partial charge on any atom is -0.481 e. The Morgan fingerprint density at radius 1 is 0.714 bits per heavy atom. The van der Waals surface area contributed by atoms with Gasteiger partial charge < -0.3 is 24.1 Å². The van der Waals surface area contributed by atoms with Crippen LogP contribution >= 0.6 is 0 Å². The van der Waals surface area contributed by atoms with Gasteiger partial charge in [0.15, 0.2) is 0 Å². The van der Waals surface area contributed by atoms with E-state index in [1.165, 1.54) is 27.8 Å². The molecule has 3 aromatic rings. The Labute approximate surface area is 251 Å². The Morgan fingerprint density at radius 2 is 1.29 bits per heavy atom. The predicted octanol–water partition coefficient (Wildman–Crippen LogP) is 5.71. The third-order valence-corrected chi connectivity index (χ3v) is 8.18. The molecule has 1 aliphatic rings. The topological polar surface area (TPSA) is 74.2 Å². The van der Waals surface area contributed by atoms with Crippen LogP contribution in [0, 0.1) is 0 Å². The number of ether oxygens (including phenoxy) is 4. The van der Waals surface area contributed by atoms with Gasteiger partial charge in [-0.1, -0.05) is 60.1 Å². The Bertz CT molecular complexity index is 1270. The molecule has 0 saturated heterocycles. The second kappa shape index (κ2) is 16.0. The minimum absolute atomic E-state index is 0.189. The van der Waals surface area contributed by atoms with E-state index < -0.39 is 5.97 Å². The van der Waals surface area contributed by atoms with E-state index in [1.807, 2.05) is 6.07 Å². The lowest BCUT2D eigenvalue weighted by atomic mass is 9.70. The highest BCUT2D eigenvalue weighted by molar-refractivity contribution is 6.32. The van der Waals surface area contributed by atoms with E-state index >= 15 is 0 Å². The number of hydrogen-bond donors (Lipinski definition) is 1. The molecular weight excluding hydrogens is 527 g/mol. The van der Waals surface area contributed by atoms with Gasteiger partial charge in [0.1, 0.15) is 7.85 Å². The fraction of sp³-hybridized carbons (Fsp3) is 0.457. The zero-order valence-electron chi connectivity index (χ0n) is 25.0. The zero-order chi connectivity index (χ0) is 29.8. The number of methoxy groups -OCH3 is 2. The summed E-state index contributed by atoms with van der Waals surface area (Å²) in [5, 5.41) is 8.96. The molecule has 4 rings (SSSR count). The van der Waals surface area contributed by atoms with E-state index in [9.17, 15) is 4.79 Å². The first-order valence-electron chi connectivity index (χ1n) is 15.0. The van der Waals surface area contributed by atoms with Gasteiger partial charge in [-0.15, -0.1) is 0 Å². The molecule has 1 N–H and O–H groups in total. The molecular formula is C35H43BO6. The van der Waals surface area contributed by atoms with Crippen molar-refractivity contribution in [3.63, 3.8) is 0 Å². The second-order valence-corrected chi connectivity index (χ2v) is 11.0. The van der Waals surface area contributed by atoms with Crippen molar-refractivity contribution in [2.24, 2.45) is 0 Å². The van der Waals surface area contributed by atoms with Crippen molar-refractivity contribution >= 4 is 19.3 Å². The summed E-state index contributed by atoms with van der Waals surface area (Å²) in [6.45, 7) is 3.71. The highest BCUT2D eigenvalue weighted by atomic mass is 16.5. The molecule has 0 bridgehead atoms. The molecule has 2 radical (unpaired) electrons. The van der Waals surface area contributed by atoms with Crippen molar-refractivity contribution in [2.45, 2.75) is 50.4 Å². The number of aliphatic carboxylic acids is 1. The summed E-state index contributed by atoms with van der Waals surface area (Å²) in [7, 11) is 9.76. The van der Waals surface area contributed by atoms with Gasteiger partial charge in [-0.25, -0.2) is 0 Å². The third-order valence-electron chi connectivity index (χ3n) is 8.18. The first kappa shape index (κ1) is 32.0. The van der Waals surface area contributed by atoms with Gasteiger partial charge >= 0.3 is 5.97 Å². The largest absolute Gasteiger partial charge is 0.481 e. The van der Waals surface area contributed by atoms with E-state index in [-0.39, 0.29) is 11.8 Å². The molecule has 1 aliphatic carbocycles. The Morgan fingerprint density at radius 3 is 1.88 bits per heavy atom. The molecule has 0 unspecified atom stereocenters. The summed E-state index contributed by atoms with van der Waals surface area (Å²) < 4.78 is 22.0. The van der Waals surface area contributed by atoms with Gasteiger partial charge in [0, 0.05) is 39.3 Å². The monoisotopic (exact) mass is 570 g/mol. The SMILES string of the molecule is [B]c1ccc2c(c1)C(CCCOCCOC)(CCCOCCOC)c1cc(-c3ccc(CCCC(=O)O)cc3)ccc1-2. The van der Waals surface area contributed by atoms with Crippen LogP contribution in [0.15, 0.2) is 60.7 Å². The molecule has 6 nitrogen and oxygen atoms in total. The fourth-order valence-corrected chi connectivity index (χ4v) is 6.10. The van der Waals surface area contributed by atoms with Crippen LogP contribution in [0.4, 0.5) is 0 Å². The maximum atomic E-state index is 10.9. The molecule has 0 aromatic heterocycles. The molecule has 0 spiro atoms. The number of benzene rings is 3. The lowest BCUT2D eigenvalue weighted by molar-refractivity contribution is -0.137. The summed E-state index contributed by atoms with van der Waals surface area (Å²) in [6.07, 6.45) is 5.29. The normalized spacial score (nSPS) is 13.2. The van der Waals surface area contributed by atoms with Crippen LogP contribution in [0.25, 0.3) is 22.3 Å². The van der Waals surface area contributed by atoms with Gasteiger partial charge in [0.25, 0.3) is 0 Å². The van der Waals surface area contributed by atoms with E-state index in [1.54, 1.807) is 14.2 Å². The Balaban J connectivity index is 1.64. The number of hydrogen-bond acceptors (Lipinski definition) is 5. The fourth-order valence-electron chi connectivity index (χ4n) is 6.10. The van der Waals surface area contributed by atoms with Crippen LogP contribution in [0.2, 0.25) is 0 Å². The van der Waals surface area contributed by atoms with E-state index in [0.717, 1.165) is 48.7 Å². The second-order valence-electron chi connectivity index (χ2n) is 11.0. The number of carboxylic acid groups (broad SMARTS) is 1. The van der Waals surface area contributed by atoms with Gasteiger partial charge in [-0.3, -0.25) is 4.79 Å². The van der Waals surface area contributed by atoms with Crippen LogP contribution in [-0.4, -0.2) is 72.8 Å². The predicted molar refractivity (Wildman–Crippen MR) is 168 cm³/mol. The van der Waals surface area contributed by atoms with Gasteiger partial charge in [-0.2, -0.15) is 0 Å². The average molecular weight is 571 g/mol. The van der Waals surface area contributed by atoms with Crippen molar-refractivity contribution < 1.29 is 28.8 Å². The summed E-state index contributed by atoms with van der Waals surface area (Å²) in [4.78, 5) is 10.9. The number of rotatable bonds is 19. The summed E-state index contributed by atoms with van der Waals surface area (Å²) in [5.74, 6) is -0.751. The van der Waals surface area contributed by atoms with Gasteiger partial charge in [-0.05, 0) is 83.5 Å². The molecule has 0 fully saturated rings. The average Bonchev–Trinajstić information content (AvgIpc) is 3.25. The number of aryl methyl sites for hydroxylation is 1. The maximum absolute atomic E-state index is 10.9. The molecule has 0 aliphatic heterocycles. The number of carboxylic acids is 1. The zero-order valence-corrected chi connectivity index (χ0v) is 25.0. The van der Waals surface area contributed by atoms with E-state index in [2.05, 4.69) is 54.6 Å². The van der Waals surface area contributed by atoms with Gasteiger partial charge in [0.2, 0.25) is 0 Å². The number of carbonyl (C=O) groups is 1. The van der Waals surface area contributed by atoms with Crippen molar-refractivity contribution in [2.75, 3.05) is 53.9 Å². The molecule has 7 heteroatoms. The Hall–Kier alpha value is -2.97. The summed E-state index contributed by atoms with van der Waals surface area (Å²) >= 11 is 0. The molecule has 0 atom stereocenters. The summed E-state index contributed by atoms with van der Waals surface area (Å²) in [5.41, 5.74) is 9.18. The highest BCUT2D eigenvalue weighted by Gasteiger charge is 2.42. The van der Waals surface area contributed by atoms with Crippen LogP contribution < -0.4 is 5.46 Å².